The number of carbonyl (C=O) groups excluding carboxylic acids is 1. The van der Waals surface area contributed by atoms with Gasteiger partial charge in [0.2, 0.25) is 5.28 Å². The number of hydrogen-bond acceptors (Lipinski definition) is 5. The largest absolute Gasteiger partial charge is 0.447 e. The predicted octanol–water partition coefficient (Wildman–Crippen LogP) is 2.17. The van der Waals surface area contributed by atoms with E-state index in [0.29, 0.717) is 19.0 Å². The zero-order valence-corrected chi connectivity index (χ0v) is 10.7. The lowest BCUT2D eigenvalue weighted by Crippen LogP contribution is -2.24. The van der Waals surface area contributed by atoms with Gasteiger partial charge in [0.15, 0.2) is 0 Å². The predicted molar refractivity (Wildman–Crippen MR) is 70.0 cm³/mol. The number of rotatable bonds is 1. The fourth-order valence-electron chi connectivity index (χ4n) is 1.39. The van der Waals surface area contributed by atoms with Gasteiger partial charge in [0.25, 0.3) is 0 Å². The molecule has 0 unspecified atom stereocenters. The van der Waals surface area contributed by atoms with E-state index in [9.17, 15) is 4.79 Å². The molecule has 0 N–H and O–H groups in total. The van der Waals surface area contributed by atoms with Crippen LogP contribution in [0, 0.1) is 0 Å². The van der Waals surface area contributed by atoms with Gasteiger partial charge in [0.1, 0.15) is 12.4 Å². The maximum Gasteiger partial charge on any atom is 0.415 e. The quantitative estimate of drug-likeness (QED) is 0.748. The molecule has 2 aromatic heterocycles. The van der Waals surface area contributed by atoms with Gasteiger partial charge in [-0.05, 0) is 29.8 Å². The minimum atomic E-state index is -0.394. The molecule has 1 saturated heterocycles. The van der Waals surface area contributed by atoms with Crippen LogP contribution in [0.4, 0.5) is 10.6 Å². The minimum Gasteiger partial charge on any atom is -0.447 e. The molecule has 1 fully saturated rings. The molecule has 1 amide bonds. The molecule has 7 heteroatoms. The number of halogens is 1. The average Bonchev–Trinajstić information content (AvgIpc) is 2.88. The lowest BCUT2D eigenvalue weighted by Gasteiger charge is -2.10. The molecule has 0 aromatic carbocycles. The standard InChI is InChI=1S/C7H6ClN3O2.C5H5N/c8-6-9-2-1-5(10-6)11-3-4-13-7(11)12;1-2-4-6-5-3-1/h1-2H,3-4H2;1-5H. The smallest absolute Gasteiger partial charge is 0.415 e. The Labute approximate surface area is 115 Å². The van der Waals surface area contributed by atoms with E-state index in [2.05, 4.69) is 15.0 Å². The third-order valence-electron chi connectivity index (χ3n) is 2.22. The van der Waals surface area contributed by atoms with Crippen molar-refractivity contribution in [2.75, 3.05) is 18.1 Å². The fraction of sp³-hybridized carbons (Fsp3) is 0.167. The number of cyclic esters (lactones) is 1. The minimum absolute atomic E-state index is 0.122. The lowest BCUT2D eigenvalue weighted by atomic mass is 10.5. The second kappa shape index (κ2) is 6.65. The van der Waals surface area contributed by atoms with Crippen LogP contribution in [0.2, 0.25) is 5.28 Å². The molecule has 98 valence electrons. The van der Waals surface area contributed by atoms with E-state index in [0.717, 1.165) is 0 Å². The lowest BCUT2D eigenvalue weighted by molar-refractivity contribution is 0.181. The van der Waals surface area contributed by atoms with Crippen molar-refractivity contribution in [2.24, 2.45) is 0 Å². The summed E-state index contributed by atoms with van der Waals surface area (Å²) in [4.78, 5) is 23.9. The number of pyridine rings is 1. The topological polar surface area (TPSA) is 68.2 Å². The van der Waals surface area contributed by atoms with Crippen LogP contribution in [0.25, 0.3) is 0 Å². The van der Waals surface area contributed by atoms with Gasteiger partial charge >= 0.3 is 6.09 Å². The summed E-state index contributed by atoms with van der Waals surface area (Å²) in [6, 6.07) is 7.32. The molecule has 0 saturated carbocycles. The molecule has 0 atom stereocenters. The number of carbonyl (C=O) groups is 1. The van der Waals surface area contributed by atoms with Gasteiger partial charge in [-0.1, -0.05) is 6.07 Å². The summed E-state index contributed by atoms with van der Waals surface area (Å²) in [6.07, 6.45) is 4.60. The van der Waals surface area contributed by atoms with Crippen LogP contribution in [-0.4, -0.2) is 34.2 Å². The molecule has 6 nitrogen and oxygen atoms in total. The van der Waals surface area contributed by atoms with E-state index in [-0.39, 0.29) is 5.28 Å². The van der Waals surface area contributed by atoms with E-state index >= 15 is 0 Å². The summed E-state index contributed by atoms with van der Waals surface area (Å²) >= 11 is 5.57. The first-order valence-corrected chi connectivity index (χ1v) is 5.93. The second-order valence-electron chi connectivity index (χ2n) is 3.47. The monoisotopic (exact) mass is 278 g/mol. The van der Waals surface area contributed by atoms with Crippen LogP contribution in [0.15, 0.2) is 42.9 Å². The highest BCUT2D eigenvalue weighted by Crippen LogP contribution is 2.16. The third-order valence-corrected chi connectivity index (χ3v) is 2.40. The van der Waals surface area contributed by atoms with Crippen LogP contribution in [-0.2, 0) is 4.74 Å². The Bertz CT molecular complexity index is 512. The molecule has 19 heavy (non-hydrogen) atoms. The van der Waals surface area contributed by atoms with Gasteiger partial charge in [-0.2, -0.15) is 0 Å². The number of amides is 1. The van der Waals surface area contributed by atoms with Crippen LogP contribution >= 0.6 is 11.6 Å². The summed E-state index contributed by atoms with van der Waals surface area (Å²) in [5, 5.41) is 0.122. The molecule has 1 aliphatic heterocycles. The Morgan fingerprint density at radius 1 is 1.21 bits per heavy atom. The van der Waals surface area contributed by atoms with E-state index in [1.54, 1.807) is 18.5 Å². The van der Waals surface area contributed by atoms with Crippen molar-refractivity contribution < 1.29 is 9.53 Å². The number of anilines is 1. The zero-order chi connectivity index (χ0) is 13.5. The first-order chi connectivity index (χ1) is 9.27. The number of ether oxygens (including phenoxy) is 1. The Morgan fingerprint density at radius 3 is 2.47 bits per heavy atom. The molecule has 0 bridgehead atoms. The molecule has 2 aromatic rings. The van der Waals surface area contributed by atoms with E-state index in [4.69, 9.17) is 16.3 Å². The van der Waals surface area contributed by atoms with Crippen molar-refractivity contribution in [1.82, 2.24) is 15.0 Å². The van der Waals surface area contributed by atoms with Crippen molar-refractivity contribution in [2.45, 2.75) is 0 Å². The number of aromatic nitrogens is 3. The Kier molecular flexibility index (Phi) is 4.63. The maximum atomic E-state index is 11.1. The molecule has 3 heterocycles. The highest BCUT2D eigenvalue weighted by Gasteiger charge is 2.24. The van der Waals surface area contributed by atoms with Gasteiger partial charge in [-0.15, -0.1) is 0 Å². The number of hydrogen-bond donors (Lipinski definition) is 0. The highest BCUT2D eigenvalue weighted by atomic mass is 35.5. The Balaban J connectivity index is 0.000000186. The fourth-order valence-corrected chi connectivity index (χ4v) is 1.53. The molecular formula is C12H11ClN4O2. The summed E-state index contributed by atoms with van der Waals surface area (Å²) < 4.78 is 4.74. The van der Waals surface area contributed by atoms with Gasteiger partial charge < -0.3 is 4.74 Å². The normalized spacial score (nSPS) is 13.5. The van der Waals surface area contributed by atoms with Crippen molar-refractivity contribution in [1.29, 1.82) is 0 Å². The highest BCUT2D eigenvalue weighted by molar-refractivity contribution is 6.28. The molecule has 0 aliphatic carbocycles. The van der Waals surface area contributed by atoms with Gasteiger partial charge in [-0.25, -0.2) is 14.8 Å². The summed E-state index contributed by atoms with van der Waals surface area (Å²) in [5.74, 6) is 0.475. The third kappa shape index (κ3) is 3.89. The van der Waals surface area contributed by atoms with E-state index in [1.165, 1.54) is 11.1 Å². The van der Waals surface area contributed by atoms with Gasteiger partial charge in [-0.3, -0.25) is 9.88 Å². The van der Waals surface area contributed by atoms with Crippen molar-refractivity contribution >= 4 is 23.5 Å². The van der Waals surface area contributed by atoms with Crippen LogP contribution in [0.3, 0.4) is 0 Å². The van der Waals surface area contributed by atoms with Gasteiger partial charge in [0.05, 0.1) is 6.54 Å². The van der Waals surface area contributed by atoms with Crippen molar-refractivity contribution in [3.05, 3.63) is 48.1 Å². The maximum absolute atomic E-state index is 11.1. The van der Waals surface area contributed by atoms with Crippen LogP contribution in [0.1, 0.15) is 0 Å². The Morgan fingerprint density at radius 2 is 2.00 bits per heavy atom. The average molecular weight is 279 g/mol. The SMILES string of the molecule is O=C1OCCN1c1ccnc(Cl)n1.c1ccncc1. The van der Waals surface area contributed by atoms with Crippen LogP contribution in [0.5, 0.6) is 0 Å². The summed E-state index contributed by atoms with van der Waals surface area (Å²) in [5.41, 5.74) is 0. The molecule has 1 aliphatic rings. The van der Waals surface area contributed by atoms with Gasteiger partial charge in [0, 0.05) is 18.6 Å². The molecule has 0 spiro atoms. The van der Waals surface area contributed by atoms with E-state index in [1.807, 2.05) is 18.2 Å². The van der Waals surface area contributed by atoms with Crippen molar-refractivity contribution in [3.8, 4) is 0 Å². The summed E-state index contributed by atoms with van der Waals surface area (Å²) in [7, 11) is 0. The van der Waals surface area contributed by atoms with E-state index < -0.39 is 6.09 Å². The zero-order valence-electron chi connectivity index (χ0n) is 9.94. The first kappa shape index (κ1) is 13.2. The second-order valence-corrected chi connectivity index (χ2v) is 3.81. The van der Waals surface area contributed by atoms with Crippen molar-refractivity contribution in [3.63, 3.8) is 0 Å². The molecular weight excluding hydrogens is 268 g/mol. The first-order valence-electron chi connectivity index (χ1n) is 5.55. The molecule has 3 rings (SSSR count). The Hall–Kier alpha value is -2.21. The summed E-state index contributed by atoms with van der Waals surface area (Å²) in [6.45, 7) is 0.895. The van der Waals surface area contributed by atoms with Crippen LogP contribution < -0.4 is 4.90 Å². The molecule has 0 radical (unpaired) electrons. The number of nitrogens with zero attached hydrogens (tertiary/aromatic N) is 4.